The molecule has 0 spiro atoms. The maximum Gasteiger partial charge on any atom is 0.228 e. The standard InChI is InChI=1S/C23H24IN6OPS2.C2H6/c1-11-12(2)34-23(25-11)15-7-8-16(18(9-15)33-4)27-17-10-19(29-22(31)14-5-6-14)28-21-20(17)26-13(3)30(21)32-24;1-2/h7-10,14,32H,5-6H2,1-4H3,(H2,27,28,29,31);1-2H3. The zero-order chi connectivity index (χ0) is 26.0. The number of amides is 1. The van der Waals surface area contributed by atoms with Crippen LogP contribution in [-0.4, -0.2) is 31.5 Å². The Morgan fingerprint density at radius 2 is 1.89 bits per heavy atom. The Hall–Kier alpha value is -1.75. The van der Waals surface area contributed by atoms with Crippen molar-refractivity contribution in [2.45, 2.75) is 52.4 Å². The van der Waals surface area contributed by atoms with Crippen molar-refractivity contribution >= 4 is 85.8 Å². The number of hydrogen-bond donors (Lipinski definition) is 2. The summed E-state index contributed by atoms with van der Waals surface area (Å²) in [5.74, 6) is 1.61. The van der Waals surface area contributed by atoms with E-state index in [4.69, 9.17) is 15.0 Å². The van der Waals surface area contributed by atoms with Gasteiger partial charge in [0.05, 0.1) is 23.4 Å². The number of hydrogen-bond acceptors (Lipinski definition) is 7. The van der Waals surface area contributed by atoms with Gasteiger partial charge in [0, 0.05) is 27.3 Å². The second-order valence-electron chi connectivity index (χ2n) is 8.27. The average molecular weight is 653 g/mol. The van der Waals surface area contributed by atoms with Crippen LogP contribution in [0.4, 0.5) is 17.2 Å². The van der Waals surface area contributed by atoms with Gasteiger partial charge in [-0.15, -0.1) is 23.1 Å². The molecule has 11 heteroatoms. The lowest BCUT2D eigenvalue weighted by molar-refractivity contribution is -0.117. The topological polar surface area (TPSA) is 84.7 Å². The van der Waals surface area contributed by atoms with Crippen molar-refractivity contribution in [1.82, 2.24) is 19.3 Å². The third-order valence-electron chi connectivity index (χ3n) is 5.81. The van der Waals surface area contributed by atoms with Gasteiger partial charge in [0.15, 0.2) is 5.65 Å². The minimum Gasteiger partial charge on any atom is -0.353 e. The molecule has 1 aliphatic rings. The van der Waals surface area contributed by atoms with Gasteiger partial charge in [-0.3, -0.25) is 9.13 Å². The largest absolute Gasteiger partial charge is 0.353 e. The number of halogens is 1. The zero-order valence-electron chi connectivity index (χ0n) is 21.2. The first-order valence-corrected chi connectivity index (χ1v) is 17.9. The average Bonchev–Trinajstić information content (AvgIpc) is 3.61. The van der Waals surface area contributed by atoms with Crippen molar-refractivity contribution < 1.29 is 4.79 Å². The summed E-state index contributed by atoms with van der Waals surface area (Å²) in [6.07, 6.45) is 4.44. The van der Waals surface area contributed by atoms with E-state index in [2.05, 4.69) is 68.4 Å². The molecule has 1 amide bonds. The summed E-state index contributed by atoms with van der Waals surface area (Å²) in [4.78, 5) is 29.0. The molecule has 1 aromatic carbocycles. The summed E-state index contributed by atoms with van der Waals surface area (Å²) in [6, 6.07) is 8.26. The molecule has 0 radical (unpaired) electrons. The fourth-order valence-electron chi connectivity index (χ4n) is 3.66. The Balaban J connectivity index is 0.00000148. The second kappa shape index (κ2) is 11.8. The van der Waals surface area contributed by atoms with Gasteiger partial charge >= 0.3 is 0 Å². The number of benzene rings is 1. The molecule has 2 N–H and O–H groups in total. The van der Waals surface area contributed by atoms with E-state index in [1.54, 1.807) is 23.1 Å². The van der Waals surface area contributed by atoms with Crippen LogP contribution in [0.15, 0.2) is 29.2 Å². The molecule has 3 heterocycles. The van der Waals surface area contributed by atoms with Crippen LogP contribution in [0.5, 0.6) is 0 Å². The molecule has 1 unspecified atom stereocenters. The molecular formula is C25H30IN6OPS2. The second-order valence-corrected chi connectivity index (χ2v) is 12.4. The van der Waals surface area contributed by atoms with E-state index in [-0.39, 0.29) is 11.8 Å². The molecule has 3 aromatic heterocycles. The number of anilines is 3. The normalized spacial score (nSPS) is 13.2. The number of thioether (sulfide) groups is 1. The quantitative estimate of drug-likeness (QED) is 0.119. The number of nitrogens with zero attached hydrogens (tertiary/aromatic N) is 4. The molecule has 0 bridgehead atoms. The summed E-state index contributed by atoms with van der Waals surface area (Å²) >= 11 is 5.74. The Labute approximate surface area is 235 Å². The summed E-state index contributed by atoms with van der Waals surface area (Å²) in [7, 11) is 0. The molecule has 190 valence electrons. The number of imidazole rings is 1. The fourth-order valence-corrected chi connectivity index (χ4v) is 7.29. The highest BCUT2D eigenvalue weighted by atomic mass is 127. The first-order chi connectivity index (χ1) is 17.4. The highest BCUT2D eigenvalue weighted by Gasteiger charge is 2.30. The number of pyridine rings is 1. The van der Waals surface area contributed by atoms with Crippen LogP contribution in [-0.2, 0) is 4.79 Å². The molecule has 0 saturated heterocycles. The lowest BCUT2D eigenvalue weighted by Gasteiger charge is -2.14. The van der Waals surface area contributed by atoms with Crippen LogP contribution in [0.25, 0.3) is 21.7 Å². The van der Waals surface area contributed by atoms with Gasteiger partial charge in [-0.25, -0.2) is 15.0 Å². The predicted molar refractivity (Wildman–Crippen MR) is 165 cm³/mol. The number of carbonyl (C=O) groups is 1. The molecule has 1 saturated carbocycles. The summed E-state index contributed by atoms with van der Waals surface area (Å²) in [5.41, 5.74) is 5.58. The van der Waals surface area contributed by atoms with Crippen LogP contribution >= 0.6 is 51.5 Å². The summed E-state index contributed by atoms with van der Waals surface area (Å²) in [6.45, 7) is 10.1. The van der Waals surface area contributed by atoms with Crippen molar-refractivity contribution in [3.8, 4) is 10.6 Å². The predicted octanol–water partition coefficient (Wildman–Crippen LogP) is 8.11. The number of nitrogens with one attached hydrogen (secondary N) is 2. The molecule has 7 nitrogen and oxygen atoms in total. The maximum atomic E-state index is 12.4. The van der Waals surface area contributed by atoms with E-state index in [0.29, 0.717) is 12.2 Å². The minimum atomic E-state index is 0.0423. The molecule has 5 rings (SSSR count). The molecule has 4 aromatic rings. The van der Waals surface area contributed by atoms with Gasteiger partial charge in [0.1, 0.15) is 22.2 Å². The third kappa shape index (κ3) is 5.71. The van der Waals surface area contributed by atoms with Crippen LogP contribution in [0.2, 0.25) is 0 Å². The van der Waals surface area contributed by atoms with Crippen molar-refractivity contribution in [1.29, 1.82) is 0 Å². The van der Waals surface area contributed by atoms with Gasteiger partial charge in [-0.05, 0) is 80.1 Å². The van der Waals surface area contributed by atoms with Crippen LogP contribution in [0, 0.1) is 26.7 Å². The monoisotopic (exact) mass is 652 g/mol. The molecule has 1 fully saturated rings. The van der Waals surface area contributed by atoms with Crippen molar-refractivity contribution in [3.63, 3.8) is 0 Å². The maximum absolute atomic E-state index is 12.4. The van der Waals surface area contributed by atoms with Gasteiger partial charge in [0.25, 0.3) is 0 Å². The number of rotatable bonds is 7. The van der Waals surface area contributed by atoms with Crippen LogP contribution in [0.3, 0.4) is 0 Å². The molecule has 36 heavy (non-hydrogen) atoms. The smallest absolute Gasteiger partial charge is 0.228 e. The fraction of sp³-hybridized carbons (Fsp3) is 0.360. The lowest BCUT2D eigenvalue weighted by atomic mass is 10.2. The first kappa shape index (κ1) is 27.3. The molecule has 0 aliphatic heterocycles. The number of thiazole rings is 1. The highest BCUT2D eigenvalue weighted by molar-refractivity contribution is 14.2. The number of fused-ring (bicyclic) bond motifs is 1. The SMILES string of the molecule is CC.CSc1cc(-c2nc(C)c(C)s2)ccc1Nc1cc(NC(=O)C2CC2)nc2c1nc(C)n2PI. The van der Waals surface area contributed by atoms with Gasteiger partial charge in [-0.1, -0.05) is 13.8 Å². The number of aryl methyl sites for hydroxylation is 3. The first-order valence-electron chi connectivity index (χ1n) is 11.8. The van der Waals surface area contributed by atoms with Crippen LogP contribution < -0.4 is 10.6 Å². The Morgan fingerprint density at radius 3 is 2.50 bits per heavy atom. The van der Waals surface area contributed by atoms with Gasteiger partial charge in [-0.2, -0.15) is 0 Å². The van der Waals surface area contributed by atoms with Crippen molar-refractivity contribution in [2.75, 3.05) is 16.9 Å². The highest BCUT2D eigenvalue weighted by Crippen LogP contribution is 2.39. The third-order valence-corrected chi connectivity index (χ3v) is 9.86. The van der Waals surface area contributed by atoms with E-state index in [1.807, 2.05) is 33.8 Å². The Morgan fingerprint density at radius 1 is 1.14 bits per heavy atom. The molecular weight excluding hydrogens is 622 g/mol. The van der Waals surface area contributed by atoms with Gasteiger partial charge < -0.3 is 10.6 Å². The van der Waals surface area contributed by atoms with Crippen molar-refractivity contribution in [3.05, 3.63) is 40.7 Å². The van der Waals surface area contributed by atoms with E-state index in [0.717, 1.165) is 62.4 Å². The van der Waals surface area contributed by atoms with Crippen LogP contribution in [0.1, 0.15) is 43.1 Å². The Kier molecular flexibility index (Phi) is 8.91. The number of aromatic nitrogens is 4. The van der Waals surface area contributed by atoms with E-state index >= 15 is 0 Å². The number of carbonyl (C=O) groups excluding carboxylic acids is 1. The summed E-state index contributed by atoms with van der Waals surface area (Å²) in [5, 5.41) is 7.62. The Bertz CT molecular complexity index is 1400. The van der Waals surface area contributed by atoms with E-state index in [1.165, 1.54) is 4.88 Å². The van der Waals surface area contributed by atoms with E-state index < -0.39 is 0 Å². The molecule has 1 aliphatic carbocycles. The van der Waals surface area contributed by atoms with Crippen molar-refractivity contribution in [2.24, 2.45) is 5.92 Å². The lowest BCUT2D eigenvalue weighted by Crippen LogP contribution is -2.14. The summed E-state index contributed by atoms with van der Waals surface area (Å²) < 4.78 is 2.08. The molecule has 1 atom stereocenters. The van der Waals surface area contributed by atoms with E-state index in [9.17, 15) is 4.79 Å². The zero-order valence-corrected chi connectivity index (χ0v) is 26.0. The van der Waals surface area contributed by atoms with Gasteiger partial charge in [0.2, 0.25) is 5.91 Å². The minimum absolute atomic E-state index is 0.0423.